The number of carbonyl (C=O) groups excluding carboxylic acids is 1. The number of rotatable bonds is 2. The second-order valence-corrected chi connectivity index (χ2v) is 4.36. The highest BCUT2D eigenvalue weighted by Gasteiger charge is 2.28. The lowest BCUT2D eigenvalue weighted by molar-refractivity contribution is -0.145. The Hall–Kier alpha value is -1.06. The summed E-state index contributed by atoms with van der Waals surface area (Å²) in [5.41, 5.74) is 1.07. The van der Waals surface area contributed by atoms with Crippen LogP contribution in [-0.2, 0) is 9.53 Å². The number of benzene rings is 1. The van der Waals surface area contributed by atoms with Crippen molar-refractivity contribution in [3.8, 4) is 0 Å². The van der Waals surface area contributed by atoms with E-state index in [9.17, 15) is 4.79 Å². The zero-order chi connectivity index (χ0) is 11.5. The standard InChI is InChI=1S/C12H14ClNO2/c1-8(15)16-9-6-12(14-7-9)10-4-2-3-5-11(10)13/h2-5,9,12,14H,6-7H2,1H3. The zero-order valence-corrected chi connectivity index (χ0v) is 9.83. The van der Waals surface area contributed by atoms with Crippen LogP contribution in [0.25, 0.3) is 0 Å². The van der Waals surface area contributed by atoms with Crippen molar-refractivity contribution < 1.29 is 9.53 Å². The average Bonchev–Trinajstić information content (AvgIpc) is 2.66. The Kier molecular flexibility index (Phi) is 3.46. The smallest absolute Gasteiger partial charge is 0.302 e. The summed E-state index contributed by atoms with van der Waals surface area (Å²) in [4.78, 5) is 10.8. The van der Waals surface area contributed by atoms with Gasteiger partial charge in [0.25, 0.3) is 0 Å². The Bertz CT molecular complexity index is 394. The highest BCUT2D eigenvalue weighted by Crippen LogP contribution is 2.29. The summed E-state index contributed by atoms with van der Waals surface area (Å²) >= 11 is 6.11. The molecule has 0 radical (unpaired) electrons. The van der Waals surface area contributed by atoms with Crippen LogP contribution >= 0.6 is 11.6 Å². The Morgan fingerprint density at radius 3 is 2.94 bits per heavy atom. The van der Waals surface area contributed by atoms with Crippen molar-refractivity contribution >= 4 is 17.6 Å². The van der Waals surface area contributed by atoms with Gasteiger partial charge >= 0.3 is 5.97 Å². The van der Waals surface area contributed by atoms with Crippen LogP contribution in [0.5, 0.6) is 0 Å². The molecule has 1 aliphatic rings. The van der Waals surface area contributed by atoms with Crippen LogP contribution < -0.4 is 5.32 Å². The number of esters is 1. The molecular formula is C12H14ClNO2. The maximum absolute atomic E-state index is 10.8. The molecule has 2 rings (SSSR count). The second kappa shape index (κ2) is 4.85. The highest BCUT2D eigenvalue weighted by atomic mass is 35.5. The molecule has 0 aliphatic carbocycles. The molecule has 1 aliphatic heterocycles. The first-order chi connectivity index (χ1) is 7.66. The molecular weight excluding hydrogens is 226 g/mol. The van der Waals surface area contributed by atoms with Crippen LogP contribution in [0.3, 0.4) is 0 Å². The van der Waals surface area contributed by atoms with E-state index in [4.69, 9.17) is 16.3 Å². The second-order valence-electron chi connectivity index (χ2n) is 3.95. The molecule has 1 aromatic rings. The summed E-state index contributed by atoms with van der Waals surface area (Å²) in [5, 5.41) is 4.06. The molecule has 0 amide bonds. The van der Waals surface area contributed by atoms with Crippen molar-refractivity contribution in [3.05, 3.63) is 34.9 Å². The quantitative estimate of drug-likeness (QED) is 0.805. The van der Waals surface area contributed by atoms with E-state index >= 15 is 0 Å². The van der Waals surface area contributed by atoms with E-state index in [1.54, 1.807) is 0 Å². The van der Waals surface area contributed by atoms with Gasteiger partial charge in [0.2, 0.25) is 0 Å². The Morgan fingerprint density at radius 1 is 1.50 bits per heavy atom. The number of hydrogen-bond donors (Lipinski definition) is 1. The molecule has 0 spiro atoms. The van der Waals surface area contributed by atoms with Crippen LogP contribution in [-0.4, -0.2) is 18.6 Å². The maximum atomic E-state index is 10.8. The number of halogens is 1. The summed E-state index contributed by atoms with van der Waals surface area (Å²) in [7, 11) is 0. The first-order valence-corrected chi connectivity index (χ1v) is 5.69. The van der Waals surface area contributed by atoms with E-state index in [0.717, 1.165) is 17.0 Å². The fourth-order valence-electron chi connectivity index (χ4n) is 2.02. The van der Waals surface area contributed by atoms with Crippen LogP contribution in [0.1, 0.15) is 24.9 Å². The molecule has 3 nitrogen and oxygen atoms in total. The van der Waals surface area contributed by atoms with Gasteiger partial charge in [-0.3, -0.25) is 4.79 Å². The van der Waals surface area contributed by atoms with Crippen molar-refractivity contribution in [3.63, 3.8) is 0 Å². The molecule has 0 saturated carbocycles. The summed E-state index contributed by atoms with van der Waals surface area (Å²) in [6.07, 6.45) is 0.738. The first kappa shape index (κ1) is 11.4. The lowest BCUT2D eigenvalue weighted by Gasteiger charge is -2.12. The van der Waals surface area contributed by atoms with Crippen molar-refractivity contribution in [1.29, 1.82) is 0 Å². The Morgan fingerprint density at radius 2 is 2.25 bits per heavy atom. The van der Waals surface area contributed by atoms with Crippen molar-refractivity contribution in [2.45, 2.75) is 25.5 Å². The third-order valence-electron chi connectivity index (χ3n) is 2.70. The van der Waals surface area contributed by atoms with Gasteiger partial charge in [-0.15, -0.1) is 0 Å². The van der Waals surface area contributed by atoms with Gasteiger partial charge in [0.1, 0.15) is 6.10 Å². The minimum atomic E-state index is -0.230. The van der Waals surface area contributed by atoms with Gasteiger partial charge in [-0.1, -0.05) is 29.8 Å². The molecule has 2 unspecified atom stereocenters. The maximum Gasteiger partial charge on any atom is 0.302 e. The van der Waals surface area contributed by atoms with Crippen molar-refractivity contribution in [1.82, 2.24) is 5.32 Å². The summed E-state index contributed by atoms with van der Waals surface area (Å²) in [5.74, 6) is -0.230. The topological polar surface area (TPSA) is 38.3 Å². The number of nitrogens with one attached hydrogen (secondary N) is 1. The van der Waals surface area contributed by atoms with E-state index < -0.39 is 0 Å². The predicted molar refractivity (Wildman–Crippen MR) is 62.4 cm³/mol. The Balaban J connectivity index is 2.04. The first-order valence-electron chi connectivity index (χ1n) is 5.32. The summed E-state index contributed by atoms with van der Waals surface area (Å²) < 4.78 is 5.16. The van der Waals surface area contributed by atoms with Crippen molar-refractivity contribution in [2.24, 2.45) is 0 Å². The lowest BCUT2D eigenvalue weighted by Crippen LogP contribution is -2.19. The third-order valence-corrected chi connectivity index (χ3v) is 3.05. The monoisotopic (exact) mass is 239 g/mol. The zero-order valence-electron chi connectivity index (χ0n) is 9.07. The van der Waals surface area contributed by atoms with Gasteiger partial charge in [0.05, 0.1) is 0 Å². The molecule has 16 heavy (non-hydrogen) atoms. The van der Waals surface area contributed by atoms with Crippen LogP contribution in [0, 0.1) is 0 Å². The fourth-order valence-corrected chi connectivity index (χ4v) is 2.29. The molecule has 0 aromatic heterocycles. The third kappa shape index (κ3) is 2.54. The highest BCUT2D eigenvalue weighted by molar-refractivity contribution is 6.31. The van der Waals surface area contributed by atoms with Gasteiger partial charge in [0.15, 0.2) is 0 Å². The molecule has 1 saturated heterocycles. The molecule has 2 atom stereocenters. The van der Waals surface area contributed by atoms with Crippen LogP contribution in [0.4, 0.5) is 0 Å². The number of ether oxygens (including phenoxy) is 1. The molecule has 0 bridgehead atoms. The van der Waals surface area contributed by atoms with E-state index in [1.165, 1.54) is 6.92 Å². The van der Waals surface area contributed by atoms with E-state index in [0.29, 0.717) is 6.54 Å². The fraction of sp³-hybridized carbons (Fsp3) is 0.417. The molecule has 1 fully saturated rings. The SMILES string of the molecule is CC(=O)OC1CNC(c2ccccc2Cl)C1. The predicted octanol–water partition coefficient (Wildman–Crippen LogP) is 2.31. The van der Waals surface area contributed by atoms with Crippen LogP contribution in [0.2, 0.25) is 5.02 Å². The molecule has 1 N–H and O–H groups in total. The van der Waals surface area contributed by atoms with Gasteiger partial charge in [-0.05, 0) is 11.6 Å². The van der Waals surface area contributed by atoms with E-state index in [-0.39, 0.29) is 18.1 Å². The van der Waals surface area contributed by atoms with Gasteiger partial charge in [-0.2, -0.15) is 0 Å². The van der Waals surface area contributed by atoms with Gasteiger partial charge in [0, 0.05) is 31.0 Å². The van der Waals surface area contributed by atoms with Crippen molar-refractivity contribution in [2.75, 3.05) is 6.54 Å². The number of carbonyl (C=O) groups is 1. The molecule has 1 heterocycles. The molecule has 1 aromatic carbocycles. The minimum Gasteiger partial charge on any atom is -0.461 e. The average molecular weight is 240 g/mol. The summed E-state index contributed by atoms with van der Waals surface area (Å²) in [6.45, 7) is 2.12. The Labute approximate surface area is 99.7 Å². The number of hydrogen-bond acceptors (Lipinski definition) is 3. The lowest BCUT2D eigenvalue weighted by atomic mass is 10.0. The largest absolute Gasteiger partial charge is 0.461 e. The van der Waals surface area contributed by atoms with E-state index in [2.05, 4.69) is 5.32 Å². The van der Waals surface area contributed by atoms with Gasteiger partial charge in [-0.25, -0.2) is 0 Å². The molecule has 86 valence electrons. The van der Waals surface area contributed by atoms with E-state index in [1.807, 2.05) is 24.3 Å². The van der Waals surface area contributed by atoms with Crippen LogP contribution in [0.15, 0.2) is 24.3 Å². The normalized spacial score (nSPS) is 24.4. The van der Waals surface area contributed by atoms with Gasteiger partial charge < -0.3 is 10.1 Å². The summed E-state index contributed by atoms with van der Waals surface area (Å²) in [6, 6.07) is 7.92. The minimum absolute atomic E-state index is 0.0428. The molecule has 4 heteroatoms.